The number of hydrogen-bond acceptors (Lipinski definition) is 3. The molecule has 0 bridgehead atoms. The van der Waals surface area contributed by atoms with E-state index in [1.807, 2.05) is 42.5 Å². The summed E-state index contributed by atoms with van der Waals surface area (Å²) in [7, 11) is 0. The summed E-state index contributed by atoms with van der Waals surface area (Å²) in [6, 6.07) is 51.2. The van der Waals surface area contributed by atoms with Gasteiger partial charge in [0.1, 0.15) is 5.82 Å². The summed E-state index contributed by atoms with van der Waals surface area (Å²) < 4.78 is 0. The largest absolute Gasteiger partial charge is 0.295 e. The van der Waals surface area contributed by atoms with E-state index in [-0.39, 0.29) is 0 Å². The molecular formula is C38H25N3. The van der Waals surface area contributed by atoms with Crippen LogP contribution in [0.1, 0.15) is 0 Å². The van der Waals surface area contributed by atoms with Crippen LogP contribution < -0.4 is 4.90 Å². The molecule has 0 spiro atoms. The Balaban J connectivity index is 1.22. The number of nitrogens with zero attached hydrogens (tertiary/aromatic N) is 3. The van der Waals surface area contributed by atoms with Crippen molar-refractivity contribution in [2.24, 2.45) is 0 Å². The number of benzene rings is 5. The normalized spacial score (nSPS) is 11.4. The summed E-state index contributed by atoms with van der Waals surface area (Å²) >= 11 is 0. The average molecular weight is 524 g/mol. The lowest BCUT2D eigenvalue weighted by Crippen LogP contribution is -2.11. The van der Waals surface area contributed by atoms with Crippen molar-refractivity contribution in [2.75, 3.05) is 4.90 Å². The van der Waals surface area contributed by atoms with Gasteiger partial charge in [-0.2, -0.15) is 0 Å². The molecule has 3 nitrogen and oxygen atoms in total. The number of hydrogen-bond donors (Lipinski definition) is 0. The molecule has 192 valence electrons. The molecular weight excluding hydrogens is 498 g/mol. The summed E-state index contributed by atoms with van der Waals surface area (Å²) in [5.74, 6) is 0.843. The van der Waals surface area contributed by atoms with Crippen molar-refractivity contribution in [3.63, 3.8) is 0 Å². The molecule has 8 rings (SSSR count). The standard InChI is InChI=1S/C38H25N3/c1-2-10-27(11-3-1)41(37-18-9-17-36(40-37)35-16-6-7-25-39-35)28-21-19-26(20-22-28)29-23-24-34-31-13-5-4-12-30(31)33-15-8-14-32(29)38(33)34/h1-25H. The van der Waals surface area contributed by atoms with Gasteiger partial charge < -0.3 is 0 Å². The van der Waals surface area contributed by atoms with E-state index < -0.39 is 0 Å². The van der Waals surface area contributed by atoms with E-state index in [2.05, 4.69) is 113 Å². The highest BCUT2D eigenvalue weighted by Gasteiger charge is 2.22. The second-order valence-electron chi connectivity index (χ2n) is 10.2. The van der Waals surface area contributed by atoms with E-state index in [9.17, 15) is 0 Å². The average Bonchev–Trinajstić information content (AvgIpc) is 3.38. The number of anilines is 3. The second kappa shape index (κ2) is 9.58. The lowest BCUT2D eigenvalue weighted by Gasteiger charge is -2.25. The number of rotatable bonds is 5. The molecule has 41 heavy (non-hydrogen) atoms. The van der Waals surface area contributed by atoms with E-state index in [0.717, 1.165) is 28.6 Å². The van der Waals surface area contributed by atoms with Crippen LogP contribution in [0.3, 0.4) is 0 Å². The molecule has 7 aromatic rings. The van der Waals surface area contributed by atoms with Crippen LogP contribution >= 0.6 is 0 Å². The van der Waals surface area contributed by atoms with Crippen LogP contribution in [0.15, 0.2) is 152 Å². The lowest BCUT2D eigenvalue weighted by molar-refractivity contribution is 1.17. The number of aromatic nitrogens is 2. The van der Waals surface area contributed by atoms with Crippen LogP contribution in [0.2, 0.25) is 0 Å². The molecule has 1 aliphatic rings. The molecule has 0 unspecified atom stereocenters. The predicted octanol–water partition coefficient (Wildman–Crippen LogP) is 10.1. The maximum atomic E-state index is 5.03. The third-order valence-corrected chi connectivity index (χ3v) is 7.89. The summed E-state index contributed by atoms with van der Waals surface area (Å²) in [5.41, 5.74) is 11.5. The third kappa shape index (κ3) is 3.90. The van der Waals surface area contributed by atoms with Gasteiger partial charge in [-0.15, -0.1) is 0 Å². The zero-order chi connectivity index (χ0) is 27.2. The van der Waals surface area contributed by atoms with E-state index in [1.165, 1.54) is 44.2 Å². The van der Waals surface area contributed by atoms with Crippen LogP contribution in [-0.4, -0.2) is 9.97 Å². The van der Waals surface area contributed by atoms with Gasteiger partial charge in [-0.3, -0.25) is 9.88 Å². The Hall–Kier alpha value is -5.54. The molecule has 0 atom stereocenters. The second-order valence-corrected chi connectivity index (χ2v) is 10.2. The fourth-order valence-corrected chi connectivity index (χ4v) is 6.05. The Morgan fingerprint density at radius 1 is 0.415 bits per heavy atom. The first kappa shape index (κ1) is 23.4. The summed E-state index contributed by atoms with van der Waals surface area (Å²) in [6.45, 7) is 0. The van der Waals surface area contributed by atoms with Crippen molar-refractivity contribution < 1.29 is 0 Å². The van der Waals surface area contributed by atoms with E-state index in [1.54, 1.807) is 6.20 Å². The lowest BCUT2D eigenvalue weighted by atomic mass is 9.94. The van der Waals surface area contributed by atoms with Gasteiger partial charge in [-0.1, -0.05) is 97.1 Å². The maximum Gasteiger partial charge on any atom is 0.138 e. The topological polar surface area (TPSA) is 29.0 Å². The van der Waals surface area contributed by atoms with Gasteiger partial charge >= 0.3 is 0 Å². The smallest absolute Gasteiger partial charge is 0.138 e. The zero-order valence-electron chi connectivity index (χ0n) is 22.3. The van der Waals surface area contributed by atoms with E-state index in [0.29, 0.717) is 0 Å². The molecule has 0 aliphatic heterocycles. The van der Waals surface area contributed by atoms with Crippen molar-refractivity contribution in [3.8, 4) is 44.8 Å². The summed E-state index contributed by atoms with van der Waals surface area (Å²) in [6.07, 6.45) is 1.80. The van der Waals surface area contributed by atoms with Gasteiger partial charge in [0.15, 0.2) is 0 Å². The van der Waals surface area contributed by atoms with Crippen molar-refractivity contribution in [1.82, 2.24) is 9.97 Å². The van der Waals surface area contributed by atoms with Gasteiger partial charge in [0.2, 0.25) is 0 Å². The van der Waals surface area contributed by atoms with Crippen molar-refractivity contribution >= 4 is 28.0 Å². The van der Waals surface area contributed by atoms with E-state index >= 15 is 0 Å². The molecule has 2 heterocycles. The minimum Gasteiger partial charge on any atom is -0.295 e. The van der Waals surface area contributed by atoms with E-state index in [4.69, 9.17) is 4.98 Å². The number of pyridine rings is 2. The fraction of sp³-hybridized carbons (Fsp3) is 0. The van der Waals surface area contributed by atoms with Crippen LogP contribution in [0.25, 0.3) is 55.5 Å². The van der Waals surface area contributed by atoms with Crippen molar-refractivity contribution in [1.29, 1.82) is 0 Å². The Kier molecular flexibility index (Phi) is 5.46. The molecule has 3 heteroatoms. The van der Waals surface area contributed by atoms with Gasteiger partial charge in [0, 0.05) is 17.6 Å². The van der Waals surface area contributed by atoms with Gasteiger partial charge in [0.05, 0.1) is 11.4 Å². The first-order chi connectivity index (χ1) is 20.3. The van der Waals surface area contributed by atoms with Crippen molar-refractivity contribution in [3.05, 3.63) is 152 Å². The SMILES string of the molecule is c1ccc(N(c2ccc(-c3ccc4c5c(cccc35)-c3ccccc3-4)cc2)c2cccc(-c3ccccn3)n2)cc1. The van der Waals surface area contributed by atoms with Gasteiger partial charge in [0.25, 0.3) is 0 Å². The molecule has 0 saturated carbocycles. The molecule has 0 saturated heterocycles. The predicted molar refractivity (Wildman–Crippen MR) is 170 cm³/mol. The molecule has 2 aromatic heterocycles. The summed E-state index contributed by atoms with van der Waals surface area (Å²) in [4.78, 5) is 11.7. The number of fused-ring (bicyclic) bond motifs is 3. The summed E-state index contributed by atoms with van der Waals surface area (Å²) in [5, 5.41) is 2.63. The fourth-order valence-electron chi connectivity index (χ4n) is 6.05. The minimum atomic E-state index is 0.842. The Morgan fingerprint density at radius 3 is 1.83 bits per heavy atom. The minimum absolute atomic E-state index is 0.842. The highest BCUT2D eigenvalue weighted by Crippen LogP contribution is 2.49. The Morgan fingerprint density at radius 2 is 1.05 bits per heavy atom. The quantitative estimate of drug-likeness (QED) is 0.225. The van der Waals surface area contributed by atoms with Crippen LogP contribution in [-0.2, 0) is 0 Å². The van der Waals surface area contributed by atoms with Gasteiger partial charge in [-0.05, 0) is 92.7 Å². The molecule has 0 fully saturated rings. The zero-order valence-corrected chi connectivity index (χ0v) is 22.3. The highest BCUT2D eigenvalue weighted by molar-refractivity contribution is 6.18. The highest BCUT2D eigenvalue weighted by atomic mass is 15.2. The molecule has 1 aliphatic carbocycles. The first-order valence-corrected chi connectivity index (χ1v) is 13.8. The maximum absolute atomic E-state index is 5.03. The Labute approximate surface area is 239 Å². The van der Waals surface area contributed by atoms with Crippen LogP contribution in [0.4, 0.5) is 17.2 Å². The van der Waals surface area contributed by atoms with Crippen LogP contribution in [0.5, 0.6) is 0 Å². The van der Waals surface area contributed by atoms with Crippen molar-refractivity contribution in [2.45, 2.75) is 0 Å². The molecule has 0 radical (unpaired) electrons. The molecule has 0 N–H and O–H groups in total. The molecule has 0 amide bonds. The van der Waals surface area contributed by atoms with Crippen LogP contribution in [0, 0.1) is 0 Å². The third-order valence-electron chi connectivity index (χ3n) is 7.89. The molecule has 5 aromatic carbocycles. The number of para-hydroxylation sites is 1. The van der Waals surface area contributed by atoms with Gasteiger partial charge in [-0.25, -0.2) is 4.98 Å². The monoisotopic (exact) mass is 523 g/mol. The first-order valence-electron chi connectivity index (χ1n) is 13.8. The Bertz CT molecular complexity index is 2000.